The van der Waals surface area contributed by atoms with Gasteiger partial charge >= 0.3 is 0 Å². The van der Waals surface area contributed by atoms with Crippen LogP contribution in [0.5, 0.6) is 5.75 Å². The van der Waals surface area contributed by atoms with Crippen LogP contribution in [0.4, 0.5) is 17.2 Å². The number of carbonyl (C=O) groups excluding carboxylic acids is 1. The lowest BCUT2D eigenvalue weighted by Crippen LogP contribution is -2.36. The number of non-ortho nitro benzene ring substituents is 1. The molecule has 0 unspecified atom stereocenters. The first kappa shape index (κ1) is 17.6. The SMILES string of the molecule is COc1ccc([N+](=O)[O-])cc1C(=O)Nc1ccc(N2CCOCC2)cn1. The van der Waals surface area contributed by atoms with Crippen LogP contribution >= 0.6 is 0 Å². The highest BCUT2D eigenvalue weighted by molar-refractivity contribution is 6.06. The van der Waals surface area contributed by atoms with Gasteiger partial charge in [-0.1, -0.05) is 0 Å². The molecule has 1 aliphatic rings. The Morgan fingerprint density at radius 1 is 1.31 bits per heavy atom. The zero-order valence-electron chi connectivity index (χ0n) is 14.2. The van der Waals surface area contributed by atoms with Crippen molar-refractivity contribution < 1.29 is 19.2 Å². The maximum absolute atomic E-state index is 12.5. The second-order valence-corrected chi connectivity index (χ2v) is 5.60. The second kappa shape index (κ2) is 7.79. The molecule has 1 aromatic carbocycles. The molecule has 1 N–H and O–H groups in total. The Kier molecular flexibility index (Phi) is 5.28. The van der Waals surface area contributed by atoms with Crippen LogP contribution in [-0.2, 0) is 4.74 Å². The third-order valence-electron chi connectivity index (χ3n) is 4.00. The molecule has 1 amide bonds. The van der Waals surface area contributed by atoms with E-state index in [0.29, 0.717) is 19.0 Å². The molecule has 1 fully saturated rings. The molecule has 0 aliphatic carbocycles. The zero-order chi connectivity index (χ0) is 18.5. The Labute approximate surface area is 149 Å². The van der Waals surface area contributed by atoms with Crippen LogP contribution in [0.2, 0.25) is 0 Å². The highest BCUT2D eigenvalue weighted by Gasteiger charge is 2.18. The molecule has 26 heavy (non-hydrogen) atoms. The summed E-state index contributed by atoms with van der Waals surface area (Å²) in [6, 6.07) is 7.40. The van der Waals surface area contributed by atoms with Crippen molar-refractivity contribution >= 4 is 23.1 Å². The predicted molar refractivity (Wildman–Crippen MR) is 94.9 cm³/mol. The van der Waals surface area contributed by atoms with Crippen LogP contribution in [-0.4, -0.2) is 49.2 Å². The monoisotopic (exact) mass is 358 g/mol. The van der Waals surface area contributed by atoms with Gasteiger partial charge in [0.1, 0.15) is 11.6 Å². The van der Waals surface area contributed by atoms with Gasteiger partial charge in [0.25, 0.3) is 11.6 Å². The second-order valence-electron chi connectivity index (χ2n) is 5.60. The molecule has 9 nitrogen and oxygen atoms in total. The molecule has 1 saturated heterocycles. The quantitative estimate of drug-likeness (QED) is 0.644. The van der Waals surface area contributed by atoms with Gasteiger partial charge in [-0.05, 0) is 18.2 Å². The van der Waals surface area contributed by atoms with Gasteiger partial charge < -0.3 is 19.7 Å². The number of benzene rings is 1. The van der Waals surface area contributed by atoms with Crippen LogP contribution in [0, 0.1) is 10.1 Å². The van der Waals surface area contributed by atoms with E-state index in [4.69, 9.17) is 9.47 Å². The third-order valence-corrected chi connectivity index (χ3v) is 4.00. The highest BCUT2D eigenvalue weighted by atomic mass is 16.6. The van der Waals surface area contributed by atoms with Crippen LogP contribution in [0.25, 0.3) is 0 Å². The van der Waals surface area contributed by atoms with Gasteiger partial charge in [0.15, 0.2) is 0 Å². The molecule has 0 saturated carbocycles. The number of amides is 1. The van der Waals surface area contributed by atoms with Gasteiger partial charge in [-0.15, -0.1) is 0 Å². The summed E-state index contributed by atoms with van der Waals surface area (Å²) in [4.78, 5) is 29.2. The number of anilines is 2. The minimum absolute atomic E-state index is 0.0701. The van der Waals surface area contributed by atoms with E-state index >= 15 is 0 Å². The van der Waals surface area contributed by atoms with Crippen LogP contribution in [0.3, 0.4) is 0 Å². The lowest BCUT2D eigenvalue weighted by atomic mass is 10.1. The Balaban J connectivity index is 1.75. The van der Waals surface area contributed by atoms with Gasteiger partial charge in [-0.25, -0.2) is 4.98 Å². The van der Waals surface area contributed by atoms with Gasteiger partial charge in [0, 0.05) is 25.2 Å². The molecule has 1 aliphatic heterocycles. The number of nitrogens with one attached hydrogen (secondary N) is 1. The molecule has 2 aromatic rings. The summed E-state index contributed by atoms with van der Waals surface area (Å²) in [5, 5.41) is 13.6. The lowest BCUT2D eigenvalue weighted by molar-refractivity contribution is -0.384. The number of pyridine rings is 1. The fourth-order valence-electron chi connectivity index (χ4n) is 2.64. The summed E-state index contributed by atoms with van der Waals surface area (Å²) in [5.41, 5.74) is 0.826. The van der Waals surface area contributed by atoms with Crippen molar-refractivity contribution in [2.24, 2.45) is 0 Å². The summed E-state index contributed by atoms with van der Waals surface area (Å²) < 4.78 is 10.4. The predicted octanol–water partition coefficient (Wildman–Crippen LogP) is 2.09. The Morgan fingerprint density at radius 3 is 2.69 bits per heavy atom. The summed E-state index contributed by atoms with van der Waals surface area (Å²) in [6.45, 7) is 2.92. The summed E-state index contributed by atoms with van der Waals surface area (Å²) in [5.74, 6) is 0.0655. The van der Waals surface area contributed by atoms with E-state index in [2.05, 4.69) is 15.2 Å². The zero-order valence-corrected chi connectivity index (χ0v) is 14.2. The van der Waals surface area contributed by atoms with Gasteiger partial charge in [0.2, 0.25) is 0 Å². The van der Waals surface area contributed by atoms with E-state index in [0.717, 1.165) is 18.8 Å². The molecule has 3 rings (SSSR count). The summed E-state index contributed by atoms with van der Waals surface area (Å²) in [7, 11) is 1.40. The maximum Gasteiger partial charge on any atom is 0.270 e. The molecule has 1 aromatic heterocycles. The van der Waals surface area contributed by atoms with E-state index in [1.54, 1.807) is 12.3 Å². The van der Waals surface area contributed by atoms with Crippen molar-refractivity contribution in [3.63, 3.8) is 0 Å². The lowest BCUT2D eigenvalue weighted by Gasteiger charge is -2.28. The summed E-state index contributed by atoms with van der Waals surface area (Å²) in [6.07, 6.45) is 1.67. The Morgan fingerprint density at radius 2 is 2.08 bits per heavy atom. The number of carbonyl (C=O) groups is 1. The standard InChI is InChI=1S/C17H18N4O5/c1-25-15-4-2-12(21(23)24)10-14(15)17(22)19-16-5-3-13(11-18-16)20-6-8-26-9-7-20/h2-5,10-11H,6-9H2,1H3,(H,18,19,22). The first-order valence-electron chi connectivity index (χ1n) is 8.01. The Bertz CT molecular complexity index is 803. The van der Waals surface area contributed by atoms with E-state index in [1.807, 2.05) is 6.07 Å². The number of hydrogen-bond donors (Lipinski definition) is 1. The average Bonchev–Trinajstić information content (AvgIpc) is 2.68. The first-order valence-corrected chi connectivity index (χ1v) is 8.01. The van der Waals surface area contributed by atoms with Crippen molar-refractivity contribution in [3.8, 4) is 5.75 Å². The topological polar surface area (TPSA) is 107 Å². The minimum Gasteiger partial charge on any atom is -0.496 e. The maximum atomic E-state index is 12.5. The molecule has 0 atom stereocenters. The number of rotatable bonds is 5. The molecule has 9 heteroatoms. The van der Waals surface area contributed by atoms with Gasteiger partial charge in [0.05, 0.1) is 42.7 Å². The van der Waals surface area contributed by atoms with Crippen molar-refractivity contribution in [3.05, 3.63) is 52.2 Å². The molecule has 0 bridgehead atoms. The normalized spacial score (nSPS) is 14.0. The Hall–Kier alpha value is -3.20. The van der Waals surface area contributed by atoms with Crippen molar-refractivity contribution in [2.75, 3.05) is 43.6 Å². The molecular weight excluding hydrogens is 340 g/mol. The minimum atomic E-state index is -0.564. The van der Waals surface area contributed by atoms with Gasteiger partial charge in [-0.3, -0.25) is 14.9 Å². The van der Waals surface area contributed by atoms with Crippen molar-refractivity contribution in [1.29, 1.82) is 0 Å². The van der Waals surface area contributed by atoms with Crippen LogP contribution < -0.4 is 15.0 Å². The van der Waals surface area contributed by atoms with E-state index in [9.17, 15) is 14.9 Å². The van der Waals surface area contributed by atoms with Crippen molar-refractivity contribution in [1.82, 2.24) is 4.98 Å². The third kappa shape index (κ3) is 3.89. The molecule has 2 heterocycles. The molecule has 136 valence electrons. The smallest absolute Gasteiger partial charge is 0.270 e. The number of aromatic nitrogens is 1. The van der Waals surface area contributed by atoms with Crippen molar-refractivity contribution in [2.45, 2.75) is 0 Å². The van der Waals surface area contributed by atoms with Gasteiger partial charge in [-0.2, -0.15) is 0 Å². The molecule has 0 spiro atoms. The average molecular weight is 358 g/mol. The summed E-state index contributed by atoms with van der Waals surface area (Å²) >= 11 is 0. The number of ether oxygens (including phenoxy) is 2. The van der Waals surface area contributed by atoms with E-state index in [-0.39, 0.29) is 17.0 Å². The number of nitro benzene ring substituents is 1. The molecule has 0 radical (unpaired) electrons. The highest BCUT2D eigenvalue weighted by Crippen LogP contribution is 2.25. The number of nitro groups is 1. The number of methoxy groups -OCH3 is 1. The van der Waals surface area contributed by atoms with Crippen LogP contribution in [0.1, 0.15) is 10.4 Å². The fourth-order valence-corrected chi connectivity index (χ4v) is 2.64. The fraction of sp³-hybridized carbons (Fsp3) is 0.294. The van der Waals surface area contributed by atoms with E-state index < -0.39 is 10.8 Å². The van der Waals surface area contributed by atoms with Crippen LogP contribution in [0.15, 0.2) is 36.5 Å². The van der Waals surface area contributed by atoms with E-state index in [1.165, 1.54) is 25.3 Å². The number of nitrogens with zero attached hydrogens (tertiary/aromatic N) is 3. The first-order chi connectivity index (χ1) is 12.6. The molecular formula is C17H18N4O5. The number of morpholine rings is 1. The number of hydrogen-bond acceptors (Lipinski definition) is 7. The largest absolute Gasteiger partial charge is 0.496 e.